The zero-order valence-corrected chi connectivity index (χ0v) is 16.8. The Morgan fingerprint density at radius 1 is 1.00 bits per heavy atom. The van der Waals surface area contributed by atoms with E-state index in [0.717, 1.165) is 10.9 Å². The first kappa shape index (κ1) is 20.0. The van der Waals surface area contributed by atoms with Crippen molar-refractivity contribution in [2.75, 3.05) is 26.2 Å². The first-order valence-corrected chi connectivity index (χ1v) is 9.97. The molecule has 1 N–H and O–H groups in total. The predicted octanol–water partition coefficient (Wildman–Crippen LogP) is 2.88. The van der Waals surface area contributed by atoms with Gasteiger partial charge in [-0.15, -0.1) is 8.78 Å². The highest BCUT2D eigenvalue weighted by Crippen LogP contribution is 2.41. The number of carbonyl (C=O) groups excluding carboxylic acids is 2. The number of carbonyl (C=O) groups is 2. The van der Waals surface area contributed by atoms with Crippen LogP contribution in [-0.2, 0) is 4.79 Å². The van der Waals surface area contributed by atoms with Crippen LogP contribution in [0.4, 0.5) is 8.78 Å². The molecule has 2 aliphatic rings. The van der Waals surface area contributed by atoms with Crippen LogP contribution in [0.5, 0.6) is 11.5 Å². The first-order chi connectivity index (χ1) is 15.4. The molecule has 3 heterocycles. The smallest absolute Gasteiger partial charge is 0.395 e. The number of piperazine rings is 1. The van der Waals surface area contributed by atoms with E-state index in [1.54, 1.807) is 34.2 Å². The molecule has 1 fully saturated rings. The van der Waals surface area contributed by atoms with E-state index in [0.29, 0.717) is 37.3 Å². The molecule has 3 aromatic rings. The van der Waals surface area contributed by atoms with Gasteiger partial charge in [-0.1, -0.05) is 6.07 Å². The number of amides is 2. The lowest BCUT2D eigenvalue weighted by Crippen LogP contribution is -2.50. The van der Waals surface area contributed by atoms with Gasteiger partial charge in [0.05, 0.1) is 11.7 Å². The van der Waals surface area contributed by atoms with Crippen LogP contribution in [-0.4, -0.2) is 64.3 Å². The van der Waals surface area contributed by atoms with Crippen molar-refractivity contribution in [2.24, 2.45) is 0 Å². The fourth-order valence-electron chi connectivity index (χ4n) is 3.73. The van der Waals surface area contributed by atoms with E-state index >= 15 is 0 Å². The molecule has 164 valence electrons. The second kappa shape index (κ2) is 7.63. The van der Waals surface area contributed by atoms with Gasteiger partial charge in [-0.3, -0.25) is 14.7 Å². The maximum Gasteiger partial charge on any atom is 0.586 e. The summed E-state index contributed by atoms with van der Waals surface area (Å²) in [5, 5.41) is 7.67. The number of nitrogens with zero attached hydrogens (tertiary/aromatic N) is 3. The first-order valence-electron chi connectivity index (χ1n) is 9.97. The van der Waals surface area contributed by atoms with Gasteiger partial charge in [0.1, 0.15) is 0 Å². The number of fused-ring (bicyclic) bond motifs is 2. The Hall–Kier alpha value is -3.95. The van der Waals surface area contributed by atoms with Crippen molar-refractivity contribution >= 4 is 28.8 Å². The molecule has 0 radical (unpaired) electrons. The highest BCUT2D eigenvalue weighted by Gasteiger charge is 2.43. The van der Waals surface area contributed by atoms with Crippen LogP contribution in [0.3, 0.4) is 0 Å². The molecule has 10 heteroatoms. The van der Waals surface area contributed by atoms with Crippen molar-refractivity contribution in [2.45, 2.75) is 6.29 Å². The summed E-state index contributed by atoms with van der Waals surface area (Å²) in [7, 11) is 0. The van der Waals surface area contributed by atoms with Gasteiger partial charge in [0.25, 0.3) is 5.91 Å². The van der Waals surface area contributed by atoms with Crippen LogP contribution in [0.15, 0.2) is 48.7 Å². The number of aromatic nitrogens is 2. The Balaban J connectivity index is 1.18. The minimum atomic E-state index is -3.68. The lowest BCUT2D eigenvalue weighted by atomic mass is 10.1. The van der Waals surface area contributed by atoms with Crippen LogP contribution >= 0.6 is 0 Å². The second-order valence-electron chi connectivity index (χ2n) is 7.50. The van der Waals surface area contributed by atoms with Crippen LogP contribution in [0.25, 0.3) is 17.0 Å². The number of hydrogen-bond acceptors (Lipinski definition) is 5. The fraction of sp³-hybridized carbons (Fsp3) is 0.227. The zero-order valence-electron chi connectivity index (χ0n) is 16.8. The zero-order chi connectivity index (χ0) is 22.3. The summed E-state index contributed by atoms with van der Waals surface area (Å²) < 4.78 is 35.0. The number of H-pyrrole nitrogens is 1. The third-order valence-electron chi connectivity index (χ3n) is 5.41. The molecule has 5 rings (SSSR count). The Kier molecular flexibility index (Phi) is 4.76. The SMILES string of the molecule is O=C(/C=C/c1ccc2c(c1)OC(F)(F)O2)N1CCN(C(=O)c2ccc3[nH]ncc3c2)CC1. The molecular formula is C22H18F2N4O4. The van der Waals surface area contributed by atoms with Crippen molar-refractivity contribution in [3.05, 3.63) is 59.8 Å². The number of rotatable bonds is 3. The fourth-order valence-corrected chi connectivity index (χ4v) is 3.73. The largest absolute Gasteiger partial charge is 0.586 e. The Bertz CT molecular complexity index is 1230. The normalized spacial score (nSPS) is 17.3. The van der Waals surface area contributed by atoms with Gasteiger partial charge in [-0.05, 0) is 42.0 Å². The quantitative estimate of drug-likeness (QED) is 0.633. The van der Waals surface area contributed by atoms with Crippen molar-refractivity contribution in [3.8, 4) is 11.5 Å². The standard InChI is InChI=1S/C22H18F2N4O4/c23-22(24)31-18-5-1-14(11-19(18)32-22)2-6-20(29)27-7-9-28(10-8-27)21(30)15-3-4-17-16(12-15)13-25-26-17/h1-6,11-13H,7-10H2,(H,25,26)/b6-2+. The van der Waals surface area contributed by atoms with Gasteiger partial charge in [0.2, 0.25) is 5.91 Å². The molecule has 0 bridgehead atoms. The summed E-state index contributed by atoms with van der Waals surface area (Å²) in [5.41, 5.74) is 1.97. The minimum Gasteiger partial charge on any atom is -0.395 e. The lowest BCUT2D eigenvalue weighted by molar-refractivity contribution is -0.286. The number of nitrogens with one attached hydrogen (secondary N) is 1. The van der Waals surface area contributed by atoms with Crippen molar-refractivity contribution in [1.29, 1.82) is 0 Å². The van der Waals surface area contributed by atoms with E-state index in [1.165, 1.54) is 24.3 Å². The molecule has 1 aromatic heterocycles. The van der Waals surface area contributed by atoms with Crippen LogP contribution in [0.2, 0.25) is 0 Å². The topological polar surface area (TPSA) is 87.8 Å². The second-order valence-corrected chi connectivity index (χ2v) is 7.50. The van der Waals surface area contributed by atoms with E-state index in [9.17, 15) is 18.4 Å². The van der Waals surface area contributed by atoms with Crippen molar-refractivity contribution in [1.82, 2.24) is 20.0 Å². The number of ether oxygens (including phenoxy) is 2. The predicted molar refractivity (Wildman–Crippen MR) is 110 cm³/mol. The third kappa shape index (κ3) is 3.86. The molecule has 2 aromatic carbocycles. The molecule has 0 saturated carbocycles. The number of hydrogen-bond donors (Lipinski definition) is 1. The average Bonchev–Trinajstić information content (AvgIpc) is 3.38. The van der Waals surface area contributed by atoms with Crippen LogP contribution < -0.4 is 9.47 Å². The van der Waals surface area contributed by atoms with Gasteiger partial charge in [-0.2, -0.15) is 5.10 Å². The Morgan fingerprint density at radius 3 is 2.56 bits per heavy atom. The molecule has 0 atom stereocenters. The number of aromatic amines is 1. The third-order valence-corrected chi connectivity index (χ3v) is 5.41. The summed E-state index contributed by atoms with van der Waals surface area (Å²) in [6.07, 6.45) is 0.892. The monoisotopic (exact) mass is 440 g/mol. The number of alkyl halides is 2. The van der Waals surface area contributed by atoms with Crippen LogP contribution in [0.1, 0.15) is 15.9 Å². The molecule has 8 nitrogen and oxygen atoms in total. The van der Waals surface area contributed by atoms with Crippen molar-refractivity contribution in [3.63, 3.8) is 0 Å². The maximum atomic E-state index is 13.1. The van der Waals surface area contributed by atoms with Gasteiger partial charge < -0.3 is 19.3 Å². The van der Waals surface area contributed by atoms with E-state index in [1.807, 2.05) is 6.07 Å². The summed E-state index contributed by atoms with van der Waals surface area (Å²) in [4.78, 5) is 28.7. The maximum absolute atomic E-state index is 13.1. The van der Waals surface area contributed by atoms with E-state index in [4.69, 9.17) is 0 Å². The molecule has 0 unspecified atom stereocenters. The molecule has 0 aliphatic carbocycles. The average molecular weight is 440 g/mol. The van der Waals surface area contributed by atoms with E-state index in [2.05, 4.69) is 19.7 Å². The summed E-state index contributed by atoms with van der Waals surface area (Å²) >= 11 is 0. The van der Waals surface area contributed by atoms with Gasteiger partial charge >= 0.3 is 6.29 Å². The lowest BCUT2D eigenvalue weighted by Gasteiger charge is -2.34. The summed E-state index contributed by atoms with van der Waals surface area (Å²) in [6, 6.07) is 9.67. The molecule has 1 saturated heterocycles. The minimum absolute atomic E-state index is 0.0498. The van der Waals surface area contributed by atoms with Crippen molar-refractivity contribution < 1.29 is 27.8 Å². The summed E-state index contributed by atoms with van der Waals surface area (Å²) in [6.45, 7) is 1.63. The number of halogens is 2. The highest BCUT2D eigenvalue weighted by atomic mass is 19.3. The number of benzene rings is 2. The molecule has 2 amide bonds. The van der Waals surface area contributed by atoms with E-state index in [-0.39, 0.29) is 23.3 Å². The van der Waals surface area contributed by atoms with Gasteiger partial charge in [-0.25, -0.2) is 0 Å². The molecule has 2 aliphatic heterocycles. The summed E-state index contributed by atoms with van der Waals surface area (Å²) in [5.74, 6) is -0.440. The van der Waals surface area contributed by atoms with Crippen LogP contribution in [0, 0.1) is 0 Å². The van der Waals surface area contributed by atoms with E-state index < -0.39 is 6.29 Å². The molecule has 0 spiro atoms. The highest BCUT2D eigenvalue weighted by molar-refractivity contribution is 5.98. The Labute approximate surface area is 181 Å². The Morgan fingerprint density at radius 2 is 1.75 bits per heavy atom. The van der Waals surface area contributed by atoms with Gasteiger partial charge in [0.15, 0.2) is 11.5 Å². The molecular weight excluding hydrogens is 422 g/mol. The van der Waals surface area contributed by atoms with Gasteiger partial charge in [0, 0.05) is 43.2 Å². The molecule has 32 heavy (non-hydrogen) atoms.